The number of aryl methyl sites for hydroxylation is 1. The van der Waals surface area contributed by atoms with Gasteiger partial charge in [0, 0.05) is 18.7 Å². The van der Waals surface area contributed by atoms with Crippen LogP contribution < -0.4 is 10.1 Å². The third kappa shape index (κ3) is 3.33. The molecule has 0 saturated carbocycles. The van der Waals surface area contributed by atoms with Gasteiger partial charge in [-0.25, -0.2) is 0 Å². The van der Waals surface area contributed by atoms with E-state index in [1.165, 1.54) is 26.3 Å². The Morgan fingerprint density at radius 3 is 2.38 bits per heavy atom. The van der Waals surface area contributed by atoms with Crippen LogP contribution in [-0.4, -0.2) is 22.8 Å². The van der Waals surface area contributed by atoms with Crippen molar-refractivity contribution in [1.29, 1.82) is 0 Å². The van der Waals surface area contributed by atoms with Gasteiger partial charge in [0.25, 0.3) is 5.91 Å². The highest BCUT2D eigenvalue weighted by Crippen LogP contribution is 2.29. The molecule has 1 amide bonds. The van der Waals surface area contributed by atoms with Crippen LogP contribution in [0.4, 0.5) is 19.0 Å². The van der Waals surface area contributed by atoms with E-state index in [-0.39, 0.29) is 5.82 Å². The van der Waals surface area contributed by atoms with Crippen LogP contribution in [0.2, 0.25) is 0 Å². The summed E-state index contributed by atoms with van der Waals surface area (Å²) < 4.78 is 43.5. The van der Waals surface area contributed by atoms with E-state index >= 15 is 0 Å². The normalized spacial score (nSPS) is 11.3. The highest BCUT2D eigenvalue weighted by Gasteiger charge is 2.34. The first kappa shape index (κ1) is 14.9. The summed E-state index contributed by atoms with van der Waals surface area (Å²) in [7, 11) is 2.81. The van der Waals surface area contributed by atoms with Gasteiger partial charge >= 0.3 is 6.18 Å². The number of ether oxygens (including phenoxy) is 1. The van der Waals surface area contributed by atoms with Crippen molar-refractivity contribution in [1.82, 2.24) is 9.78 Å². The second-order valence-electron chi connectivity index (χ2n) is 4.22. The van der Waals surface area contributed by atoms with Crippen molar-refractivity contribution >= 4 is 11.7 Å². The molecule has 0 fully saturated rings. The summed E-state index contributed by atoms with van der Waals surface area (Å²) in [5, 5.41) is 5.69. The Morgan fingerprint density at radius 2 is 1.90 bits per heavy atom. The van der Waals surface area contributed by atoms with E-state index in [0.29, 0.717) is 11.3 Å². The number of halogens is 3. The third-order valence-electron chi connectivity index (χ3n) is 2.76. The first-order valence-corrected chi connectivity index (χ1v) is 5.88. The zero-order valence-electron chi connectivity index (χ0n) is 11.2. The van der Waals surface area contributed by atoms with Gasteiger partial charge in [0.05, 0.1) is 7.11 Å². The third-order valence-corrected chi connectivity index (χ3v) is 2.76. The molecule has 1 aromatic heterocycles. The van der Waals surface area contributed by atoms with Crippen LogP contribution in [0.25, 0.3) is 0 Å². The highest BCUT2D eigenvalue weighted by molar-refractivity contribution is 6.03. The maximum atomic E-state index is 12.5. The zero-order chi connectivity index (χ0) is 15.6. The van der Waals surface area contributed by atoms with Crippen molar-refractivity contribution < 1.29 is 22.7 Å². The van der Waals surface area contributed by atoms with Gasteiger partial charge in [-0.2, -0.15) is 18.3 Å². The second kappa shape index (κ2) is 5.47. The van der Waals surface area contributed by atoms with Gasteiger partial charge in [-0.15, -0.1) is 0 Å². The van der Waals surface area contributed by atoms with Crippen molar-refractivity contribution in [3.8, 4) is 5.75 Å². The molecule has 21 heavy (non-hydrogen) atoms. The largest absolute Gasteiger partial charge is 0.497 e. The number of alkyl halides is 3. The Balaban J connectivity index is 2.17. The van der Waals surface area contributed by atoms with Gasteiger partial charge in [-0.1, -0.05) is 0 Å². The highest BCUT2D eigenvalue weighted by atomic mass is 19.4. The van der Waals surface area contributed by atoms with Gasteiger partial charge in [0.2, 0.25) is 0 Å². The maximum Gasteiger partial charge on any atom is 0.435 e. The summed E-state index contributed by atoms with van der Waals surface area (Å²) in [6.07, 6.45) is -4.55. The van der Waals surface area contributed by atoms with Crippen LogP contribution in [0, 0.1) is 0 Å². The minimum absolute atomic E-state index is 0.0388. The van der Waals surface area contributed by atoms with Gasteiger partial charge < -0.3 is 10.1 Å². The maximum absolute atomic E-state index is 12.5. The molecule has 1 aromatic carbocycles. The number of nitrogens with zero attached hydrogens (tertiary/aromatic N) is 2. The molecule has 2 aromatic rings. The van der Waals surface area contributed by atoms with Crippen LogP contribution >= 0.6 is 0 Å². The monoisotopic (exact) mass is 299 g/mol. The molecular formula is C13H12F3N3O2. The Bertz CT molecular complexity index is 648. The van der Waals surface area contributed by atoms with Crippen LogP contribution in [-0.2, 0) is 13.2 Å². The van der Waals surface area contributed by atoms with Crippen LogP contribution in [0.1, 0.15) is 16.1 Å². The summed E-state index contributed by atoms with van der Waals surface area (Å²) >= 11 is 0. The molecule has 0 atom stereocenters. The predicted molar refractivity (Wildman–Crippen MR) is 69.2 cm³/mol. The average Bonchev–Trinajstić information content (AvgIpc) is 2.80. The van der Waals surface area contributed by atoms with E-state index in [2.05, 4.69) is 10.4 Å². The summed E-state index contributed by atoms with van der Waals surface area (Å²) in [4.78, 5) is 12.0. The lowest BCUT2D eigenvalue weighted by atomic mass is 10.2. The van der Waals surface area contributed by atoms with Gasteiger partial charge in [-0.3, -0.25) is 9.48 Å². The molecular weight excluding hydrogens is 287 g/mol. The number of hydrogen-bond acceptors (Lipinski definition) is 3. The van der Waals surface area contributed by atoms with Gasteiger partial charge in [0.15, 0.2) is 5.69 Å². The van der Waals surface area contributed by atoms with E-state index < -0.39 is 17.8 Å². The average molecular weight is 299 g/mol. The predicted octanol–water partition coefficient (Wildman–Crippen LogP) is 2.70. The Hall–Kier alpha value is -2.51. The quantitative estimate of drug-likeness (QED) is 0.948. The van der Waals surface area contributed by atoms with Crippen LogP contribution in [0.3, 0.4) is 0 Å². The minimum Gasteiger partial charge on any atom is -0.497 e. The molecule has 0 bridgehead atoms. The zero-order valence-corrected chi connectivity index (χ0v) is 11.2. The summed E-state index contributed by atoms with van der Waals surface area (Å²) in [5.74, 6) is 0.00367. The van der Waals surface area contributed by atoms with Crippen molar-refractivity contribution in [2.75, 3.05) is 12.4 Å². The standard InChI is InChI=1S/C13H12F3N3O2/c1-19-11(7-10(18-19)13(14,15)16)17-12(20)8-3-5-9(21-2)6-4-8/h3-7H,1-2H3,(H,17,20). The second-order valence-corrected chi connectivity index (χ2v) is 4.22. The summed E-state index contributed by atoms with van der Waals surface area (Å²) in [6.45, 7) is 0. The number of benzene rings is 1. The van der Waals surface area contributed by atoms with Crippen molar-refractivity contribution in [2.24, 2.45) is 7.05 Å². The molecule has 1 N–H and O–H groups in total. The first-order chi connectivity index (χ1) is 9.81. The first-order valence-electron chi connectivity index (χ1n) is 5.88. The van der Waals surface area contributed by atoms with Crippen molar-refractivity contribution in [3.63, 3.8) is 0 Å². The van der Waals surface area contributed by atoms with E-state index in [0.717, 1.165) is 10.7 Å². The summed E-state index contributed by atoms with van der Waals surface area (Å²) in [5.41, 5.74) is -0.763. The van der Waals surface area contributed by atoms with E-state index in [1.807, 2.05) is 0 Å². The molecule has 0 spiro atoms. The number of anilines is 1. The minimum atomic E-state index is -4.55. The number of nitrogens with one attached hydrogen (secondary N) is 1. The van der Waals surface area contributed by atoms with Crippen LogP contribution in [0.5, 0.6) is 5.75 Å². The fourth-order valence-corrected chi connectivity index (χ4v) is 1.65. The van der Waals surface area contributed by atoms with E-state index in [9.17, 15) is 18.0 Å². The molecule has 0 unspecified atom stereocenters. The van der Waals surface area contributed by atoms with Crippen molar-refractivity contribution in [2.45, 2.75) is 6.18 Å². The fraction of sp³-hybridized carbons (Fsp3) is 0.231. The lowest BCUT2D eigenvalue weighted by Crippen LogP contribution is -2.14. The Morgan fingerprint density at radius 1 is 1.29 bits per heavy atom. The number of rotatable bonds is 3. The molecule has 8 heteroatoms. The number of carbonyl (C=O) groups is 1. The SMILES string of the molecule is COc1ccc(C(=O)Nc2cc(C(F)(F)F)nn2C)cc1. The molecule has 0 saturated heterocycles. The Kier molecular flexibility index (Phi) is 3.88. The number of aromatic nitrogens is 2. The molecule has 112 valence electrons. The fourth-order valence-electron chi connectivity index (χ4n) is 1.65. The summed E-state index contributed by atoms with van der Waals surface area (Å²) in [6, 6.07) is 6.96. The van der Waals surface area contributed by atoms with Gasteiger partial charge in [-0.05, 0) is 24.3 Å². The molecule has 0 aliphatic carbocycles. The molecule has 0 aliphatic heterocycles. The number of methoxy groups -OCH3 is 1. The lowest BCUT2D eigenvalue weighted by molar-refractivity contribution is -0.141. The van der Waals surface area contributed by atoms with Crippen LogP contribution in [0.15, 0.2) is 30.3 Å². The number of carbonyl (C=O) groups excluding carboxylic acids is 1. The van der Waals surface area contributed by atoms with Crippen molar-refractivity contribution in [3.05, 3.63) is 41.6 Å². The lowest BCUT2D eigenvalue weighted by Gasteiger charge is -2.05. The smallest absolute Gasteiger partial charge is 0.435 e. The number of amides is 1. The van der Waals surface area contributed by atoms with E-state index in [1.54, 1.807) is 12.1 Å². The molecule has 1 heterocycles. The Labute approximate surface area is 118 Å². The van der Waals surface area contributed by atoms with E-state index in [4.69, 9.17) is 4.74 Å². The number of hydrogen-bond donors (Lipinski definition) is 1. The molecule has 0 aliphatic rings. The topological polar surface area (TPSA) is 56.1 Å². The molecule has 0 radical (unpaired) electrons. The molecule has 2 rings (SSSR count). The van der Waals surface area contributed by atoms with Gasteiger partial charge in [0.1, 0.15) is 11.6 Å². The molecule has 5 nitrogen and oxygen atoms in total.